The molecule has 0 saturated carbocycles. The van der Waals surface area contributed by atoms with Crippen LogP contribution in [-0.2, 0) is 14.8 Å². The highest BCUT2D eigenvalue weighted by Gasteiger charge is 2.38. The normalized spacial score (nSPS) is 14.6. The molecule has 2 heterocycles. The average molecular weight is 539 g/mol. The third-order valence-electron chi connectivity index (χ3n) is 4.93. The standard InChI is InChI=1S/C19H21F2N3O4S.C2HF3O2/c20-13-6-7-16(21)17(10-13)29(27,28)23-14-11-15(19(25)26)18(22-12-14)24-8-4-2-1-3-5-9-24;3-2(4,5)1(6)7/h6-7,10-12,23H,1-5,8-9H2,(H,25,26);(H,6,7). The van der Waals surface area contributed by atoms with Gasteiger partial charge < -0.3 is 15.1 Å². The van der Waals surface area contributed by atoms with Gasteiger partial charge in [0.1, 0.15) is 27.9 Å². The second kappa shape index (κ2) is 12.0. The Morgan fingerprint density at radius 1 is 0.972 bits per heavy atom. The number of aromatic nitrogens is 1. The fourth-order valence-electron chi connectivity index (χ4n) is 3.28. The van der Waals surface area contributed by atoms with Gasteiger partial charge in [0.25, 0.3) is 10.0 Å². The first-order valence-electron chi connectivity index (χ1n) is 10.5. The first kappa shape index (κ1) is 28.7. The van der Waals surface area contributed by atoms with Crippen LogP contribution in [0.15, 0.2) is 35.4 Å². The van der Waals surface area contributed by atoms with Crippen molar-refractivity contribution >= 4 is 33.5 Å². The Morgan fingerprint density at radius 3 is 2.06 bits per heavy atom. The third kappa shape index (κ3) is 8.03. The van der Waals surface area contributed by atoms with Crippen molar-refractivity contribution in [3.05, 3.63) is 47.7 Å². The summed E-state index contributed by atoms with van der Waals surface area (Å²) in [5.74, 6) is -5.79. The number of carboxylic acids is 2. The smallest absolute Gasteiger partial charge is 0.478 e. The van der Waals surface area contributed by atoms with E-state index in [0.717, 1.165) is 44.2 Å². The summed E-state index contributed by atoms with van der Waals surface area (Å²) in [5.41, 5.74) is -0.313. The molecule has 1 fully saturated rings. The number of nitrogens with one attached hydrogen (secondary N) is 1. The van der Waals surface area contributed by atoms with Gasteiger partial charge in [-0.1, -0.05) is 19.3 Å². The predicted octanol–water partition coefficient (Wildman–Crippen LogP) is 4.26. The van der Waals surface area contributed by atoms with Crippen LogP contribution in [0.5, 0.6) is 0 Å². The van der Waals surface area contributed by atoms with Gasteiger partial charge in [0.2, 0.25) is 0 Å². The molecule has 0 radical (unpaired) electrons. The minimum absolute atomic E-state index is 0.151. The van der Waals surface area contributed by atoms with Crippen molar-refractivity contribution in [1.82, 2.24) is 4.98 Å². The molecule has 2 aromatic rings. The molecule has 1 saturated heterocycles. The molecular formula is C21H22F5N3O6S. The van der Waals surface area contributed by atoms with Gasteiger partial charge in [0.15, 0.2) is 0 Å². The number of benzene rings is 1. The number of carboxylic acid groups (broad SMARTS) is 2. The molecule has 9 nitrogen and oxygen atoms in total. The Kier molecular flexibility index (Phi) is 9.55. The minimum Gasteiger partial charge on any atom is -0.478 e. The van der Waals surface area contributed by atoms with Crippen LogP contribution in [0.4, 0.5) is 33.5 Å². The quantitative estimate of drug-likeness (QED) is 0.480. The molecule has 3 N–H and O–H groups in total. The summed E-state index contributed by atoms with van der Waals surface area (Å²) in [5, 5.41) is 16.7. The molecule has 198 valence electrons. The van der Waals surface area contributed by atoms with Crippen LogP contribution in [0.1, 0.15) is 42.5 Å². The molecule has 0 atom stereocenters. The minimum atomic E-state index is -5.08. The Hall–Kier alpha value is -3.49. The highest BCUT2D eigenvalue weighted by Crippen LogP contribution is 2.26. The van der Waals surface area contributed by atoms with E-state index in [0.29, 0.717) is 25.2 Å². The van der Waals surface area contributed by atoms with Crippen LogP contribution in [0.3, 0.4) is 0 Å². The molecule has 1 aliphatic rings. The Bertz CT molecular complexity index is 1200. The van der Waals surface area contributed by atoms with Crippen molar-refractivity contribution in [2.75, 3.05) is 22.7 Å². The number of aromatic carboxylic acids is 1. The Labute approximate surface area is 202 Å². The number of nitrogens with zero attached hydrogens (tertiary/aromatic N) is 2. The number of halogens is 5. The van der Waals surface area contributed by atoms with Crippen molar-refractivity contribution in [3.8, 4) is 0 Å². The lowest BCUT2D eigenvalue weighted by atomic mass is 10.1. The lowest BCUT2D eigenvalue weighted by Crippen LogP contribution is -2.29. The number of pyridine rings is 1. The van der Waals surface area contributed by atoms with Crippen molar-refractivity contribution in [3.63, 3.8) is 0 Å². The SMILES string of the molecule is O=C(O)C(F)(F)F.O=C(O)c1cc(NS(=O)(=O)c2cc(F)ccc2F)cnc1N1CCCCCCC1. The topological polar surface area (TPSA) is 137 Å². The van der Waals surface area contributed by atoms with Crippen LogP contribution in [-0.4, -0.2) is 54.8 Å². The molecular weight excluding hydrogens is 517 g/mol. The summed E-state index contributed by atoms with van der Waals surface area (Å²) in [4.78, 5) is 25.8. The van der Waals surface area contributed by atoms with Gasteiger partial charge in [-0.25, -0.2) is 31.8 Å². The van der Waals surface area contributed by atoms with Crippen LogP contribution >= 0.6 is 0 Å². The summed E-state index contributed by atoms with van der Waals surface area (Å²) >= 11 is 0. The van der Waals surface area contributed by atoms with Crippen molar-refractivity contribution in [1.29, 1.82) is 0 Å². The van der Waals surface area contributed by atoms with Gasteiger partial charge in [0.05, 0.1) is 11.9 Å². The van der Waals surface area contributed by atoms with Gasteiger partial charge in [-0.15, -0.1) is 0 Å². The second-order valence-electron chi connectivity index (χ2n) is 7.64. The summed E-state index contributed by atoms with van der Waals surface area (Å²) in [7, 11) is -4.47. The predicted molar refractivity (Wildman–Crippen MR) is 117 cm³/mol. The number of hydrogen-bond acceptors (Lipinski definition) is 6. The van der Waals surface area contributed by atoms with Gasteiger partial charge in [-0.3, -0.25) is 4.72 Å². The molecule has 1 aliphatic heterocycles. The largest absolute Gasteiger partial charge is 0.490 e. The highest BCUT2D eigenvalue weighted by molar-refractivity contribution is 7.92. The maximum absolute atomic E-state index is 13.9. The Balaban J connectivity index is 0.000000572. The Morgan fingerprint density at radius 2 is 1.53 bits per heavy atom. The van der Waals surface area contributed by atoms with E-state index >= 15 is 0 Å². The zero-order valence-electron chi connectivity index (χ0n) is 18.6. The number of aliphatic carboxylic acids is 1. The summed E-state index contributed by atoms with van der Waals surface area (Å²) in [6, 6.07) is 3.20. The van der Waals surface area contributed by atoms with Gasteiger partial charge in [0, 0.05) is 13.1 Å². The van der Waals surface area contributed by atoms with E-state index in [9.17, 15) is 40.3 Å². The molecule has 0 unspecified atom stereocenters. The molecule has 0 spiro atoms. The first-order valence-corrected chi connectivity index (χ1v) is 12.0. The van der Waals surface area contributed by atoms with E-state index in [-0.39, 0.29) is 17.1 Å². The zero-order valence-corrected chi connectivity index (χ0v) is 19.4. The first-order chi connectivity index (χ1) is 16.7. The summed E-state index contributed by atoms with van der Waals surface area (Å²) in [6.07, 6.45) is 1.16. The number of alkyl halides is 3. The summed E-state index contributed by atoms with van der Waals surface area (Å²) in [6.45, 7) is 1.32. The number of carbonyl (C=O) groups is 2. The number of hydrogen-bond donors (Lipinski definition) is 3. The molecule has 0 bridgehead atoms. The zero-order chi connectivity index (χ0) is 27.1. The van der Waals surface area contributed by atoms with Crippen molar-refractivity contribution in [2.45, 2.75) is 43.2 Å². The van der Waals surface area contributed by atoms with Crippen molar-refractivity contribution in [2.24, 2.45) is 0 Å². The highest BCUT2D eigenvalue weighted by atomic mass is 32.2. The molecule has 1 aromatic carbocycles. The van der Waals surface area contributed by atoms with E-state index in [2.05, 4.69) is 9.71 Å². The van der Waals surface area contributed by atoms with Gasteiger partial charge in [-0.05, 0) is 37.1 Å². The monoisotopic (exact) mass is 539 g/mol. The number of rotatable bonds is 5. The molecule has 1 aromatic heterocycles. The van der Waals surface area contributed by atoms with Crippen LogP contribution in [0.25, 0.3) is 0 Å². The van der Waals surface area contributed by atoms with Crippen LogP contribution in [0.2, 0.25) is 0 Å². The second-order valence-corrected chi connectivity index (χ2v) is 9.29. The fourth-order valence-corrected chi connectivity index (χ4v) is 4.40. The van der Waals surface area contributed by atoms with Crippen molar-refractivity contribution < 1.29 is 50.2 Å². The van der Waals surface area contributed by atoms with Crippen LogP contribution in [0, 0.1) is 11.6 Å². The van der Waals surface area contributed by atoms with Gasteiger partial charge >= 0.3 is 18.1 Å². The maximum atomic E-state index is 13.9. The third-order valence-corrected chi connectivity index (χ3v) is 6.33. The lowest BCUT2D eigenvalue weighted by molar-refractivity contribution is -0.192. The molecule has 3 rings (SSSR count). The van der Waals surface area contributed by atoms with Gasteiger partial charge in [-0.2, -0.15) is 13.2 Å². The van der Waals surface area contributed by atoms with E-state index < -0.39 is 44.7 Å². The average Bonchev–Trinajstić information content (AvgIpc) is 2.75. The molecule has 36 heavy (non-hydrogen) atoms. The van der Waals surface area contributed by atoms with E-state index in [1.807, 2.05) is 4.90 Å². The lowest BCUT2D eigenvalue weighted by Gasteiger charge is -2.27. The summed E-state index contributed by atoms with van der Waals surface area (Å²) < 4.78 is 85.9. The maximum Gasteiger partial charge on any atom is 0.490 e. The number of anilines is 2. The number of sulfonamides is 1. The van der Waals surface area contributed by atoms with E-state index in [1.54, 1.807) is 0 Å². The molecule has 15 heteroatoms. The van der Waals surface area contributed by atoms with Crippen LogP contribution < -0.4 is 9.62 Å². The fraction of sp³-hybridized carbons (Fsp3) is 0.381. The van der Waals surface area contributed by atoms with E-state index in [4.69, 9.17) is 9.90 Å². The molecule has 0 aliphatic carbocycles. The molecule has 0 amide bonds. The van der Waals surface area contributed by atoms with E-state index in [1.165, 1.54) is 6.20 Å².